The number of hydrogen-bond donors (Lipinski definition) is 1. The maximum absolute atomic E-state index is 6.04. The van der Waals surface area contributed by atoms with E-state index in [0.717, 1.165) is 36.1 Å². The van der Waals surface area contributed by atoms with Crippen molar-refractivity contribution in [3.63, 3.8) is 0 Å². The normalized spacial score (nSPS) is 15.9. The standard InChI is InChI=1S/C16H23N5/c1-20(13-4-2-3-5-13)8-9-21-12-19-11-16(21)14-10-18-7-6-15(14)17/h6-7,10-13H,2-5,8-9H2,1H3,(H2,17,18). The van der Waals surface area contributed by atoms with Crippen LogP contribution in [0.5, 0.6) is 0 Å². The number of nitrogen functional groups attached to an aromatic ring is 1. The summed E-state index contributed by atoms with van der Waals surface area (Å²) in [4.78, 5) is 10.9. The molecular formula is C16H23N5. The Hall–Kier alpha value is -1.88. The summed E-state index contributed by atoms with van der Waals surface area (Å²) in [7, 11) is 2.23. The van der Waals surface area contributed by atoms with Crippen LogP contribution in [0.1, 0.15) is 25.7 Å². The molecule has 2 N–H and O–H groups in total. The van der Waals surface area contributed by atoms with Gasteiger partial charge in [-0.25, -0.2) is 4.98 Å². The van der Waals surface area contributed by atoms with Gasteiger partial charge in [-0.15, -0.1) is 0 Å². The molecule has 1 aliphatic rings. The summed E-state index contributed by atoms with van der Waals surface area (Å²) in [5.74, 6) is 0. The van der Waals surface area contributed by atoms with E-state index in [1.165, 1.54) is 25.7 Å². The topological polar surface area (TPSA) is 60.0 Å². The molecule has 1 fully saturated rings. The Balaban J connectivity index is 1.70. The Morgan fingerprint density at radius 1 is 1.29 bits per heavy atom. The van der Waals surface area contributed by atoms with E-state index < -0.39 is 0 Å². The molecular weight excluding hydrogens is 262 g/mol. The maximum Gasteiger partial charge on any atom is 0.0951 e. The van der Waals surface area contributed by atoms with E-state index >= 15 is 0 Å². The van der Waals surface area contributed by atoms with Crippen LogP contribution in [0.3, 0.4) is 0 Å². The summed E-state index contributed by atoms with van der Waals surface area (Å²) in [5, 5.41) is 0. The smallest absolute Gasteiger partial charge is 0.0951 e. The first-order valence-electron chi connectivity index (χ1n) is 7.66. The van der Waals surface area contributed by atoms with Gasteiger partial charge in [-0.2, -0.15) is 0 Å². The molecule has 1 aliphatic carbocycles. The third-order valence-corrected chi connectivity index (χ3v) is 4.48. The second-order valence-electron chi connectivity index (χ2n) is 5.85. The third-order valence-electron chi connectivity index (χ3n) is 4.48. The van der Waals surface area contributed by atoms with Crippen LogP contribution in [0.25, 0.3) is 11.3 Å². The van der Waals surface area contributed by atoms with Crippen LogP contribution < -0.4 is 5.73 Å². The first-order chi connectivity index (χ1) is 10.3. The molecule has 3 rings (SSSR count). The molecule has 0 bridgehead atoms. The number of imidazole rings is 1. The zero-order valence-electron chi connectivity index (χ0n) is 12.6. The van der Waals surface area contributed by atoms with Crippen molar-refractivity contribution in [1.82, 2.24) is 19.4 Å². The highest BCUT2D eigenvalue weighted by Gasteiger charge is 2.19. The van der Waals surface area contributed by atoms with Gasteiger partial charge >= 0.3 is 0 Å². The van der Waals surface area contributed by atoms with E-state index in [1.54, 1.807) is 6.20 Å². The number of nitrogens with two attached hydrogens (primary N) is 1. The van der Waals surface area contributed by atoms with Gasteiger partial charge in [0.25, 0.3) is 0 Å². The average Bonchev–Trinajstić information content (AvgIpc) is 3.17. The van der Waals surface area contributed by atoms with E-state index in [2.05, 4.69) is 26.5 Å². The minimum Gasteiger partial charge on any atom is -0.398 e. The van der Waals surface area contributed by atoms with Crippen molar-refractivity contribution in [1.29, 1.82) is 0 Å². The Bertz CT molecular complexity index is 586. The van der Waals surface area contributed by atoms with Gasteiger partial charge in [0.05, 0.1) is 18.2 Å². The zero-order chi connectivity index (χ0) is 14.7. The van der Waals surface area contributed by atoms with Crippen molar-refractivity contribution in [2.45, 2.75) is 38.3 Å². The molecule has 112 valence electrons. The Labute approximate surface area is 125 Å². The summed E-state index contributed by atoms with van der Waals surface area (Å²) >= 11 is 0. The minimum atomic E-state index is 0.746. The predicted octanol–water partition coefficient (Wildman–Crippen LogP) is 2.40. The molecule has 0 radical (unpaired) electrons. The van der Waals surface area contributed by atoms with Gasteiger partial charge in [0.2, 0.25) is 0 Å². The summed E-state index contributed by atoms with van der Waals surface area (Å²) in [5.41, 5.74) is 8.79. The van der Waals surface area contributed by atoms with E-state index in [9.17, 15) is 0 Å². The minimum absolute atomic E-state index is 0.746. The molecule has 0 aromatic carbocycles. The molecule has 5 nitrogen and oxygen atoms in total. The maximum atomic E-state index is 6.04. The number of anilines is 1. The van der Waals surface area contributed by atoms with Crippen LogP contribution in [0, 0.1) is 0 Å². The van der Waals surface area contributed by atoms with E-state index in [4.69, 9.17) is 5.73 Å². The summed E-state index contributed by atoms with van der Waals surface area (Å²) in [6, 6.07) is 2.58. The first-order valence-corrected chi connectivity index (χ1v) is 7.66. The molecule has 0 aliphatic heterocycles. The lowest BCUT2D eigenvalue weighted by Crippen LogP contribution is -2.32. The second kappa shape index (κ2) is 6.26. The molecule has 5 heteroatoms. The molecule has 0 atom stereocenters. The van der Waals surface area contributed by atoms with Crippen molar-refractivity contribution in [3.05, 3.63) is 31.0 Å². The fraction of sp³-hybridized carbons (Fsp3) is 0.500. The molecule has 0 saturated heterocycles. The molecule has 1 saturated carbocycles. The van der Waals surface area contributed by atoms with Crippen LogP contribution in [-0.4, -0.2) is 39.1 Å². The second-order valence-corrected chi connectivity index (χ2v) is 5.85. The largest absolute Gasteiger partial charge is 0.398 e. The number of nitrogens with zero attached hydrogens (tertiary/aromatic N) is 4. The number of likely N-dealkylation sites (N-methyl/N-ethyl adjacent to an activating group) is 1. The lowest BCUT2D eigenvalue weighted by atomic mass is 10.2. The van der Waals surface area contributed by atoms with Gasteiger partial charge in [0.15, 0.2) is 0 Å². The molecule has 0 unspecified atom stereocenters. The summed E-state index contributed by atoms with van der Waals surface area (Å²) < 4.78 is 2.17. The van der Waals surface area contributed by atoms with E-state index in [0.29, 0.717) is 0 Å². The highest BCUT2D eigenvalue weighted by molar-refractivity contribution is 5.72. The van der Waals surface area contributed by atoms with E-state index in [1.807, 2.05) is 24.8 Å². The van der Waals surface area contributed by atoms with Gasteiger partial charge in [0, 0.05) is 42.8 Å². The number of pyridine rings is 1. The molecule has 2 aromatic heterocycles. The quantitative estimate of drug-likeness (QED) is 0.916. The number of rotatable bonds is 5. The molecule has 0 spiro atoms. The van der Waals surface area contributed by atoms with Crippen molar-refractivity contribution in [2.24, 2.45) is 0 Å². The first kappa shape index (κ1) is 14.1. The summed E-state index contributed by atoms with van der Waals surface area (Å²) in [6.45, 7) is 1.96. The third kappa shape index (κ3) is 3.08. The van der Waals surface area contributed by atoms with Crippen LogP contribution in [-0.2, 0) is 6.54 Å². The van der Waals surface area contributed by atoms with Crippen molar-refractivity contribution in [2.75, 3.05) is 19.3 Å². The molecule has 21 heavy (non-hydrogen) atoms. The van der Waals surface area contributed by atoms with Gasteiger partial charge < -0.3 is 15.2 Å². The van der Waals surface area contributed by atoms with E-state index in [-0.39, 0.29) is 0 Å². The predicted molar refractivity (Wildman–Crippen MR) is 84.8 cm³/mol. The fourth-order valence-corrected chi connectivity index (χ4v) is 3.14. The van der Waals surface area contributed by atoms with Gasteiger partial charge in [-0.1, -0.05) is 12.8 Å². The van der Waals surface area contributed by atoms with Crippen LogP contribution >= 0.6 is 0 Å². The molecule has 2 heterocycles. The van der Waals surface area contributed by atoms with Crippen molar-refractivity contribution >= 4 is 5.69 Å². The highest BCUT2D eigenvalue weighted by atomic mass is 15.2. The number of hydrogen-bond acceptors (Lipinski definition) is 4. The Kier molecular flexibility index (Phi) is 4.20. The Morgan fingerprint density at radius 3 is 2.86 bits per heavy atom. The van der Waals surface area contributed by atoms with Gasteiger partial charge in [-0.3, -0.25) is 4.98 Å². The lowest BCUT2D eigenvalue weighted by Gasteiger charge is -2.24. The average molecular weight is 285 g/mol. The monoisotopic (exact) mass is 285 g/mol. The summed E-state index contributed by atoms with van der Waals surface area (Å²) in [6.07, 6.45) is 12.7. The highest BCUT2D eigenvalue weighted by Crippen LogP contribution is 2.25. The molecule has 0 amide bonds. The SMILES string of the molecule is CN(CCn1cncc1-c1cnccc1N)C1CCCC1. The van der Waals surface area contributed by atoms with Crippen LogP contribution in [0.2, 0.25) is 0 Å². The Morgan fingerprint density at radius 2 is 2.10 bits per heavy atom. The van der Waals surface area contributed by atoms with Crippen molar-refractivity contribution in [3.8, 4) is 11.3 Å². The molecule has 2 aromatic rings. The lowest BCUT2D eigenvalue weighted by molar-refractivity contribution is 0.237. The fourth-order valence-electron chi connectivity index (χ4n) is 3.14. The van der Waals surface area contributed by atoms with Gasteiger partial charge in [-0.05, 0) is 26.0 Å². The zero-order valence-corrected chi connectivity index (χ0v) is 12.6. The number of aromatic nitrogens is 3. The van der Waals surface area contributed by atoms with Crippen LogP contribution in [0.4, 0.5) is 5.69 Å². The van der Waals surface area contributed by atoms with Crippen LogP contribution in [0.15, 0.2) is 31.0 Å². The van der Waals surface area contributed by atoms with Gasteiger partial charge in [0.1, 0.15) is 0 Å². The van der Waals surface area contributed by atoms with Crippen molar-refractivity contribution < 1.29 is 0 Å².